The van der Waals surface area contributed by atoms with Crippen LogP contribution in [0.3, 0.4) is 0 Å². The van der Waals surface area contributed by atoms with Crippen molar-refractivity contribution < 1.29 is 60.5 Å². The van der Waals surface area contributed by atoms with E-state index in [9.17, 15) is 51.1 Å². The third-order valence-electron chi connectivity index (χ3n) is 9.03. The molecule has 12 nitrogen and oxygen atoms in total. The van der Waals surface area contributed by atoms with Gasteiger partial charge in [0.15, 0.2) is 35.2 Å². The molecule has 258 valence electrons. The highest BCUT2D eigenvalue weighted by atomic mass is 32.2. The van der Waals surface area contributed by atoms with Crippen LogP contribution >= 0.6 is 11.8 Å². The van der Waals surface area contributed by atoms with E-state index in [1.165, 1.54) is 54.2 Å². The Kier molecular flexibility index (Phi) is 8.34. The van der Waals surface area contributed by atoms with Crippen molar-refractivity contribution in [3.8, 4) is 57.5 Å². The fourth-order valence-corrected chi connectivity index (χ4v) is 7.97. The maximum Gasteiger partial charge on any atom is 0.157 e. The molecule has 0 radical (unpaired) electrons. The van der Waals surface area contributed by atoms with E-state index in [0.717, 1.165) is 17.7 Å². The third kappa shape index (κ3) is 5.64. The van der Waals surface area contributed by atoms with E-state index in [1.807, 2.05) is 30.3 Å². The number of aliphatic hydroxyl groups is 2. The Hall–Kier alpha value is -5.63. The Bertz CT molecular complexity index is 2090. The lowest BCUT2D eigenvalue weighted by Crippen LogP contribution is -2.37. The summed E-state index contributed by atoms with van der Waals surface area (Å²) in [5.41, 5.74) is 1.30. The van der Waals surface area contributed by atoms with Crippen molar-refractivity contribution in [3.63, 3.8) is 0 Å². The first-order valence-electron chi connectivity index (χ1n) is 15.5. The molecule has 0 amide bonds. The van der Waals surface area contributed by atoms with E-state index < -0.39 is 75.8 Å². The second-order valence-corrected chi connectivity index (χ2v) is 13.3. The predicted octanol–water partition coefficient (Wildman–Crippen LogP) is 5.43. The van der Waals surface area contributed by atoms with E-state index in [-0.39, 0.29) is 45.1 Å². The molecule has 0 bridgehead atoms. The summed E-state index contributed by atoms with van der Waals surface area (Å²) >= 11 is 1.27. The summed E-state index contributed by atoms with van der Waals surface area (Å²) in [6.07, 6.45) is -5.53. The Balaban J connectivity index is 1.44. The molecule has 6 atom stereocenters. The van der Waals surface area contributed by atoms with Crippen molar-refractivity contribution >= 4 is 11.8 Å². The Labute approximate surface area is 288 Å². The lowest BCUT2D eigenvalue weighted by molar-refractivity contribution is 0.000589. The van der Waals surface area contributed by atoms with E-state index in [1.54, 1.807) is 0 Å². The standard InChI is InChI=1S/C37H32O12S/c38-19-12-24(43)28-27(13-19)48-34(17-6-8-20(39)22(41)10-17)32(46)31(28)29-25(44)14-26(45)30-36(29)49-35(18-7-9-21(40)23(42)11-18)33(47)37(30)50-15-16-4-2-1-3-5-16/h1-14,31-35,37-47H,15H2/t31-,32-,33+,34-,35-,37-/m1/s1. The van der Waals surface area contributed by atoms with Gasteiger partial charge in [-0.25, -0.2) is 0 Å². The number of phenols is 8. The van der Waals surface area contributed by atoms with Gasteiger partial charge >= 0.3 is 0 Å². The van der Waals surface area contributed by atoms with Crippen molar-refractivity contribution in [2.75, 3.05) is 0 Å². The second-order valence-electron chi connectivity index (χ2n) is 12.2. The molecule has 10 N–H and O–H groups in total. The highest BCUT2D eigenvalue weighted by molar-refractivity contribution is 7.98. The number of hydrogen-bond acceptors (Lipinski definition) is 13. The minimum atomic E-state index is -1.64. The smallest absolute Gasteiger partial charge is 0.157 e. The number of rotatable bonds is 6. The Morgan fingerprint density at radius 1 is 0.520 bits per heavy atom. The first-order chi connectivity index (χ1) is 23.9. The number of phenolic OH excluding ortho intramolecular Hbond substituents is 8. The molecule has 0 fully saturated rings. The maximum absolute atomic E-state index is 12.1. The number of fused-ring (bicyclic) bond motifs is 2. The van der Waals surface area contributed by atoms with E-state index in [0.29, 0.717) is 5.75 Å². The number of aliphatic hydroxyl groups excluding tert-OH is 2. The summed E-state index contributed by atoms with van der Waals surface area (Å²) < 4.78 is 12.5. The molecule has 0 aliphatic carbocycles. The van der Waals surface area contributed by atoms with Crippen LogP contribution in [-0.4, -0.2) is 63.3 Å². The van der Waals surface area contributed by atoms with Gasteiger partial charge in [-0.2, -0.15) is 0 Å². The van der Waals surface area contributed by atoms with Crippen molar-refractivity contribution in [2.24, 2.45) is 0 Å². The minimum absolute atomic E-state index is 0.0419. The molecule has 0 unspecified atom stereocenters. The number of thioether (sulfide) groups is 1. The highest BCUT2D eigenvalue weighted by Crippen LogP contribution is 2.60. The zero-order valence-corrected chi connectivity index (χ0v) is 26.8. The zero-order valence-electron chi connectivity index (χ0n) is 26.0. The molecule has 2 aliphatic heterocycles. The van der Waals surface area contributed by atoms with Crippen LogP contribution in [0.5, 0.6) is 57.5 Å². The number of ether oxygens (including phenoxy) is 2. The number of aromatic hydroxyl groups is 8. The SMILES string of the molecule is Oc1cc(O)c2c(c1)O[C@H](c1ccc(O)c(O)c1)[C@H](O)[C@H]2c1c(O)cc(O)c2c1O[C@H](c1ccc(O)c(O)c1)[C@H](O)[C@@H]2SCc1ccccc1. The van der Waals surface area contributed by atoms with Gasteiger partial charge < -0.3 is 60.5 Å². The van der Waals surface area contributed by atoms with Gasteiger partial charge in [0.2, 0.25) is 0 Å². The van der Waals surface area contributed by atoms with Crippen LogP contribution in [0.15, 0.2) is 84.9 Å². The molecular weight excluding hydrogens is 668 g/mol. The molecule has 2 aliphatic rings. The van der Waals surface area contributed by atoms with Crippen LogP contribution in [0.25, 0.3) is 0 Å². The number of benzene rings is 5. The molecule has 0 saturated heterocycles. The highest BCUT2D eigenvalue weighted by Gasteiger charge is 2.48. The molecule has 0 aromatic heterocycles. The summed E-state index contributed by atoms with van der Waals surface area (Å²) in [4.78, 5) is 0. The molecule has 0 saturated carbocycles. The van der Waals surface area contributed by atoms with Gasteiger partial charge in [-0.3, -0.25) is 0 Å². The van der Waals surface area contributed by atoms with Crippen LogP contribution in [0, 0.1) is 0 Å². The van der Waals surface area contributed by atoms with Gasteiger partial charge in [0.05, 0.1) is 16.7 Å². The van der Waals surface area contributed by atoms with E-state index in [4.69, 9.17) is 9.47 Å². The molecule has 7 rings (SSSR count). The van der Waals surface area contributed by atoms with Gasteiger partial charge in [-0.05, 0) is 41.0 Å². The summed E-state index contributed by atoms with van der Waals surface area (Å²) in [6, 6.07) is 20.3. The normalized spacial score (nSPS) is 22.5. The van der Waals surface area contributed by atoms with Crippen molar-refractivity contribution in [3.05, 3.63) is 118 Å². The Morgan fingerprint density at radius 2 is 1.10 bits per heavy atom. The molecule has 5 aromatic carbocycles. The van der Waals surface area contributed by atoms with Crippen molar-refractivity contribution in [1.82, 2.24) is 0 Å². The van der Waals surface area contributed by atoms with E-state index >= 15 is 0 Å². The predicted molar refractivity (Wildman–Crippen MR) is 180 cm³/mol. The monoisotopic (exact) mass is 700 g/mol. The van der Waals surface area contributed by atoms with E-state index in [2.05, 4.69) is 0 Å². The first-order valence-corrected chi connectivity index (χ1v) is 16.5. The van der Waals surface area contributed by atoms with Crippen molar-refractivity contribution in [2.45, 2.75) is 41.3 Å². The average molecular weight is 701 g/mol. The van der Waals surface area contributed by atoms with Crippen LogP contribution in [0.1, 0.15) is 56.8 Å². The fourth-order valence-electron chi connectivity index (χ4n) is 6.67. The molecule has 0 spiro atoms. The van der Waals surface area contributed by atoms with Gasteiger partial charge in [0.1, 0.15) is 46.7 Å². The van der Waals surface area contributed by atoms with Crippen LogP contribution < -0.4 is 9.47 Å². The first kappa shape index (κ1) is 32.9. The zero-order chi connectivity index (χ0) is 35.4. The van der Waals surface area contributed by atoms with Gasteiger partial charge in [-0.1, -0.05) is 42.5 Å². The van der Waals surface area contributed by atoms with Crippen LogP contribution in [0.2, 0.25) is 0 Å². The largest absolute Gasteiger partial charge is 0.508 e. The third-order valence-corrected chi connectivity index (χ3v) is 10.4. The Morgan fingerprint density at radius 3 is 1.72 bits per heavy atom. The molecule has 5 aromatic rings. The quantitative estimate of drug-likeness (QED) is 0.100. The average Bonchev–Trinajstić information content (AvgIpc) is 3.08. The summed E-state index contributed by atoms with van der Waals surface area (Å²) in [5, 5.41) is 108. The van der Waals surface area contributed by atoms with Gasteiger partial charge in [0.25, 0.3) is 0 Å². The summed E-state index contributed by atoms with van der Waals surface area (Å²) in [7, 11) is 0. The maximum atomic E-state index is 12.1. The van der Waals surface area contributed by atoms with Crippen molar-refractivity contribution in [1.29, 1.82) is 0 Å². The van der Waals surface area contributed by atoms with Gasteiger partial charge in [0, 0.05) is 35.1 Å². The number of hydrogen-bond donors (Lipinski definition) is 10. The lowest BCUT2D eigenvalue weighted by atomic mass is 9.77. The molecular formula is C37H32O12S. The lowest BCUT2D eigenvalue weighted by Gasteiger charge is -2.42. The molecule has 2 heterocycles. The summed E-state index contributed by atoms with van der Waals surface area (Å²) in [6.45, 7) is 0. The minimum Gasteiger partial charge on any atom is -0.508 e. The second kappa shape index (κ2) is 12.7. The molecule has 13 heteroatoms. The van der Waals surface area contributed by atoms with Gasteiger partial charge in [-0.15, -0.1) is 11.8 Å². The topological polar surface area (TPSA) is 221 Å². The van der Waals surface area contributed by atoms with Crippen LogP contribution in [0.4, 0.5) is 0 Å². The van der Waals surface area contributed by atoms with Crippen LogP contribution in [-0.2, 0) is 5.75 Å². The molecule has 50 heavy (non-hydrogen) atoms. The summed E-state index contributed by atoms with van der Waals surface area (Å²) in [5.74, 6) is -4.86. The fraction of sp³-hybridized carbons (Fsp3) is 0.189.